The van der Waals surface area contributed by atoms with Crippen LogP contribution in [-0.4, -0.2) is 9.55 Å². The number of imidazole rings is 1. The Bertz CT molecular complexity index is 819. The summed E-state index contributed by atoms with van der Waals surface area (Å²) < 4.78 is 2.43. The zero-order chi connectivity index (χ0) is 20.9. The van der Waals surface area contributed by atoms with Crippen LogP contribution in [0.5, 0.6) is 0 Å². The van der Waals surface area contributed by atoms with E-state index in [1.165, 1.54) is 100 Å². The van der Waals surface area contributed by atoms with Gasteiger partial charge in [0.15, 0.2) is 5.82 Å². The lowest BCUT2D eigenvalue weighted by Gasteiger charge is -2.08. The van der Waals surface area contributed by atoms with Gasteiger partial charge in [0.1, 0.15) is 0 Å². The molecule has 2 aromatic heterocycles. The molecule has 0 unspecified atom stereocenters. The Morgan fingerprint density at radius 1 is 0.700 bits per heavy atom. The fourth-order valence-corrected chi connectivity index (χ4v) is 5.08. The molecule has 3 heteroatoms. The van der Waals surface area contributed by atoms with Crippen LogP contribution in [0.2, 0.25) is 0 Å². The van der Waals surface area contributed by atoms with Crippen LogP contribution in [0.3, 0.4) is 0 Å². The number of aromatic nitrogens is 2. The highest BCUT2D eigenvalue weighted by Gasteiger charge is 2.12. The fraction of sp³-hybridized carbons (Fsp3) is 0.593. The number of thiophene rings is 1. The Morgan fingerprint density at radius 3 is 1.90 bits per heavy atom. The molecule has 0 bridgehead atoms. The molecule has 0 N–H and O–H groups in total. The molecule has 2 nitrogen and oxygen atoms in total. The number of hydrogen-bond donors (Lipinski definition) is 0. The van der Waals surface area contributed by atoms with Gasteiger partial charge in [-0.2, -0.15) is 0 Å². The SMILES string of the molecule is CCCCCCCCCCCCCCCCn1c(-c2cccs2)nc2ccccc21. The van der Waals surface area contributed by atoms with Gasteiger partial charge in [0.05, 0.1) is 15.9 Å². The predicted molar refractivity (Wildman–Crippen MR) is 133 cm³/mol. The first kappa shape index (κ1) is 23.1. The van der Waals surface area contributed by atoms with Gasteiger partial charge in [-0.1, -0.05) is 109 Å². The summed E-state index contributed by atoms with van der Waals surface area (Å²) in [5.74, 6) is 1.14. The number of hydrogen-bond acceptors (Lipinski definition) is 2. The third-order valence-electron chi connectivity index (χ3n) is 6.13. The van der Waals surface area contributed by atoms with E-state index in [2.05, 4.69) is 53.3 Å². The summed E-state index contributed by atoms with van der Waals surface area (Å²) in [4.78, 5) is 6.19. The van der Waals surface area contributed by atoms with E-state index in [-0.39, 0.29) is 0 Å². The molecule has 0 saturated carbocycles. The van der Waals surface area contributed by atoms with Gasteiger partial charge >= 0.3 is 0 Å². The summed E-state index contributed by atoms with van der Waals surface area (Å²) in [6.07, 6.45) is 19.7. The van der Waals surface area contributed by atoms with Crippen molar-refractivity contribution in [1.29, 1.82) is 0 Å². The molecule has 0 fully saturated rings. The van der Waals surface area contributed by atoms with E-state index < -0.39 is 0 Å². The van der Waals surface area contributed by atoms with E-state index in [0.717, 1.165) is 17.9 Å². The van der Waals surface area contributed by atoms with Crippen LogP contribution in [0, 0.1) is 0 Å². The lowest BCUT2D eigenvalue weighted by atomic mass is 10.0. The highest BCUT2D eigenvalue weighted by Crippen LogP contribution is 2.28. The van der Waals surface area contributed by atoms with E-state index >= 15 is 0 Å². The Balaban J connectivity index is 1.29. The summed E-state index contributed by atoms with van der Waals surface area (Å²) >= 11 is 1.79. The van der Waals surface area contributed by atoms with Crippen molar-refractivity contribution in [1.82, 2.24) is 9.55 Å². The Labute approximate surface area is 187 Å². The average molecular weight is 425 g/mol. The molecule has 0 aliphatic rings. The van der Waals surface area contributed by atoms with Gasteiger partial charge in [0.2, 0.25) is 0 Å². The van der Waals surface area contributed by atoms with Crippen molar-refractivity contribution >= 4 is 22.4 Å². The van der Waals surface area contributed by atoms with E-state index in [1.54, 1.807) is 11.3 Å². The van der Waals surface area contributed by atoms with E-state index in [4.69, 9.17) is 4.98 Å². The van der Waals surface area contributed by atoms with Crippen LogP contribution in [0.4, 0.5) is 0 Å². The fourth-order valence-electron chi connectivity index (χ4n) is 4.36. The van der Waals surface area contributed by atoms with Crippen LogP contribution in [0.25, 0.3) is 21.7 Å². The number of para-hydroxylation sites is 2. The number of fused-ring (bicyclic) bond motifs is 1. The molecule has 0 atom stereocenters. The second-order valence-electron chi connectivity index (χ2n) is 8.65. The first-order chi connectivity index (χ1) is 14.9. The van der Waals surface area contributed by atoms with Gasteiger partial charge < -0.3 is 4.57 Å². The number of rotatable bonds is 16. The van der Waals surface area contributed by atoms with Gasteiger partial charge in [-0.15, -0.1) is 11.3 Å². The van der Waals surface area contributed by atoms with Crippen LogP contribution < -0.4 is 0 Å². The van der Waals surface area contributed by atoms with E-state index in [0.29, 0.717) is 0 Å². The minimum Gasteiger partial charge on any atom is -0.323 e. The van der Waals surface area contributed by atoms with Crippen molar-refractivity contribution in [3.63, 3.8) is 0 Å². The molecule has 0 amide bonds. The molecule has 3 rings (SSSR count). The van der Waals surface area contributed by atoms with Gasteiger partial charge in [-0.25, -0.2) is 4.98 Å². The highest BCUT2D eigenvalue weighted by atomic mass is 32.1. The van der Waals surface area contributed by atoms with Crippen LogP contribution >= 0.6 is 11.3 Å². The van der Waals surface area contributed by atoms with Crippen LogP contribution in [0.15, 0.2) is 41.8 Å². The Morgan fingerprint density at radius 2 is 1.30 bits per heavy atom. The maximum Gasteiger partial charge on any atom is 0.151 e. The predicted octanol–water partition coefficient (Wildman–Crippen LogP) is 9.25. The minimum absolute atomic E-state index is 1.08. The zero-order valence-corrected chi connectivity index (χ0v) is 19.8. The Kier molecular flexibility index (Phi) is 10.5. The van der Waals surface area contributed by atoms with E-state index in [1.807, 2.05) is 0 Å². The molecule has 0 saturated heterocycles. The second-order valence-corrected chi connectivity index (χ2v) is 9.60. The molecule has 3 aromatic rings. The summed E-state index contributed by atoms with van der Waals surface area (Å²) in [5.41, 5.74) is 2.39. The molecular weight excluding hydrogens is 384 g/mol. The topological polar surface area (TPSA) is 17.8 Å². The third kappa shape index (κ3) is 7.27. The Hall–Kier alpha value is -1.61. The average Bonchev–Trinajstić information content (AvgIpc) is 3.42. The molecule has 164 valence electrons. The lowest BCUT2D eigenvalue weighted by Crippen LogP contribution is -2.00. The maximum absolute atomic E-state index is 4.91. The van der Waals surface area contributed by atoms with Gasteiger partial charge in [-0.3, -0.25) is 0 Å². The minimum atomic E-state index is 1.08. The molecule has 1 aromatic carbocycles. The zero-order valence-electron chi connectivity index (χ0n) is 19.0. The second kappa shape index (κ2) is 13.6. The van der Waals surface area contributed by atoms with Crippen molar-refractivity contribution in [3.05, 3.63) is 41.8 Å². The molecule has 0 radical (unpaired) electrons. The standard InChI is InChI=1S/C27H40N2S/c1-2-3-4-5-6-7-8-9-10-11-12-13-14-17-22-29-25-20-16-15-19-24(25)28-27(29)26-21-18-23-30-26/h15-16,18-21,23H,2-14,17,22H2,1H3. The molecule has 30 heavy (non-hydrogen) atoms. The van der Waals surface area contributed by atoms with Gasteiger partial charge in [0.25, 0.3) is 0 Å². The number of aryl methyl sites for hydroxylation is 1. The van der Waals surface area contributed by atoms with E-state index in [9.17, 15) is 0 Å². The lowest BCUT2D eigenvalue weighted by molar-refractivity contribution is 0.527. The summed E-state index contributed by atoms with van der Waals surface area (Å²) in [5, 5.41) is 2.14. The van der Waals surface area contributed by atoms with Crippen molar-refractivity contribution in [3.8, 4) is 10.7 Å². The van der Waals surface area contributed by atoms with Crippen LogP contribution in [-0.2, 0) is 6.54 Å². The summed E-state index contributed by atoms with van der Waals surface area (Å²) in [6, 6.07) is 12.9. The van der Waals surface area contributed by atoms with Crippen molar-refractivity contribution < 1.29 is 0 Å². The molecule has 0 aliphatic heterocycles. The molecule has 0 spiro atoms. The smallest absolute Gasteiger partial charge is 0.151 e. The normalized spacial score (nSPS) is 11.5. The maximum atomic E-state index is 4.91. The van der Waals surface area contributed by atoms with Gasteiger partial charge in [-0.05, 0) is 30.0 Å². The monoisotopic (exact) mass is 424 g/mol. The molecule has 0 aliphatic carbocycles. The summed E-state index contributed by atoms with van der Waals surface area (Å²) in [7, 11) is 0. The largest absolute Gasteiger partial charge is 0.323 e. The first-order valence-electron chi connectivity index (χ1n) is 12.4. The quantitative estimate of drug-likeness (QED) is 0.209. The number of benzene rings is 1. The number of unbranched alkanes of at least 4 members (excludes halogenated alkanes) is 13. The number of nitrogens with zero attached hydrogens (tertiary/aromatic N) is 2. The van der Waals surface area contributed by atoms with Crippen LogP contribution in [0.1, 0.15) is 96.8 Å². The molecular formula is C27H40N2S. The first-order valence-corrected chi connectivity index (χ1v) is 13.3. The van der Waals surface area contributed by atoms with Crippen molar-refractivity contribution in [2.75, 3.05) is 0 Å². The van der Waals surface area contributed by atoms with Crippen molar-refractivity contribution in [2.24, 2.45) is 0 Å². The van der Waals surface area contributed by atoms with Crippen molar-refractivity contribution in [2.45, 2.75) is 103 Å². The summed E-state index contributed by atoms with van der Waals surface area (Å²) in [6.45, 7) is 3.37. The molecule has 2 heterocycles. The third-order valence-corrected chi connectivity index (χ3v) is 7.00. The highest BCUT2D eigenvalue weighted by molar-refractivity contribution is 7.13. The van der Waals surface area contributed by atoms with Gasteiger partial charge in [0, 0.05) is 6.54 Å².